The van der Waals surface area contributed by atoms with Crippen LogP contribution in [0.2, 0.25) is 0 Å². The molecule has 4 heteroatoms. The second kappa shape index (κ2) is 8.40. The normalized spacial score (nSPS) is 24.5. The Labute approximate surface area is 134 Å². The topological polar surface area (TPSA) is 41.1 Å². The molecule has 1 aliphatic rings. The molecule has 1 aromatic carbocycles. The second-order valence-corrected chi connectivity index (χ2v) is 6.07. The van der Waals surface area contributed by atoms with Gasteiger partial charge in [-0.2, -0.15) is 0 Å². The standard InChI is InChI=1S/C17H26N2O.ClH/c1-12-11-16(9-10-18-12)17(20)19-14(3)13(2)15-7-5-4-6-8-15;/h4-8,12-14,16,18H,9-11H2,1-3H3,(H,19,20);1H/t12-,13?,14?,16-;/m0./s1. The molecule has 3 nitrogen and oxygen atoms in total. The number of piperidine rings is 1. The molecule has 0 aliphatic carbocycles. The third-order valence-electron chi connectivity index (χ3n) is 4.44. The van der Waals surface area contributed by atoms with Gasteiger partial charge in [-0.25, -0.2) is 0 Å². The smallest absolute Gasteiger partial charge is 0.223 e. The largest absolute Gasteiger partial charge is 0.353 e. The van der Waals surface area contributed by atoms with Crippen LogP contribution in [0.15, 0.2) is 30.3 Å². The Balaban J connectivity index is 0.00000220. The van der Waals surface area contributed by atoms with Crippen LogP contribution in [0, 0.1) is 5.92 Å². The van der Waals surface area contributed by atoms with Crippen molar-refractivity contribution in [2.75, 3.05) is 6.54 Å². The van der Waals surface area contributed by atoms with Gasteiger partial charge in [0.15, 0.2) is 0 Å². The van der Waals surface area contributed by atoms with Crippen molar-refractivity contribution in [1.29, 1.82) is 0 Å². The molecule has 1 heterocycles. The number of hydrogen-bond acceptors (Lipinski definition) is 2. The van der Waals surface area contributed by atoms with E-state index >= 15 is 0 Å². The zero-order chi connectivity index (χ0) is 14.5. The molecule has 2 unspecified atom stereocenters. The number of carbonyl (C=O) groups is 1. The van der Waals surface area contributed by atoms with Gasteiger partial charge in [-0.15, -0.1) is 12.4 Å². The van der Waals surface area contributed by atoms with E-state index in [0.29, 0.717) is 12.0 Å². The summed E-state index contributed by atoms with van der Waals surface area (Å²) < 4.78 is 0. The molecule has 0 saturated carbocycles. The molecule has 0 bridgehead atoms. The fourth-order valence-electron chi connectivity index (χ4n) is 2.88. The summed E-state index contributed by atoms with van der Waals surface area (Å²) in [6, 6.07) is 11.0. The van der Waals surface area contributed by atoms with Crippen LogP contribution < -0.4 is 10.6 Å². The molecule has 2 rings (SSSR count). The molecule has 21 heavy (non-hydrogen) atoms. The van der Waals surface area contributed by atoms with E-state index in [9.17, 15) is 4.79 Å². The molecular weight excluding hydrogens is 284 g/mol. The minimum Gasteiger partial charge on any atom is -0.353 e. The Kier molecular flexibility index (Phi) is 7.20. The number of halogens is 1. The van der Waals surface area contributed by atoms with Gasteiger partial charge < -0.3 is 10.6 Å². The summed E-state index contributed by atoms with van der Waals surface area (Å²) in [6.45, 7) is 7.36. The average molecular weight is 311 g/mol. The molecule has 1 aromatic rings. The molecule has 1 saturated heterocycles. The van der Waals surface area contributed by atoms with Crippen molar-refractivity contribution in [2.45, 2.75) is 51.6 Å². The van der Waals surface area contributed by atoms with E-state index < -0.39 is 0 Å². The minimum atomic E-state index is 0. The third kappa shape index (κ3) is 5.01. The Hall–Kier alpha value is -1.06. The number of rotatable bonds is 4. The van der Waals surface area contributed by atoms with Crippen molar-refractivity contribution in [3.8, 4) is 0 Å². The van der Waals surface area contributed by atoms with Gasteiger partial charge >= 0.3 is 0 Å². The molecule has 0 radical (unpaired) electrons. The summed E-state index contributed by atoms with van der Waals surface area (Å²) in [7, 11) is 0. The first-order valence-corrected chi connectivity index (χ1v) is 7.66. The van der Waals surface area contributed by atoms with E-state index in [1.165, 1.54) is 5.56 Å². The van der Waals surface area contributed by atoms with Gasteiger partial charge in [-0.1, -0.05) is 37.3 Å². The van der Waals surface area contributed by atoms with Crippen LogP contribution in [-0.2, 0) is 4.79 Å². The van der Waals surface area contributed by atoms with Crippen molar-refractivity contribution in [3.63, 3.8) is 0 Å². The summed E-state index contributed by atoms with van der Waals surface area (Å²) >= 11 is 0. The molecule has 1 aliphatic heterocycles. The van der Waals surface area contributed by atoms with Crippen molar-refractivity contribution in [1.82, 2.24) is 10.6 Å². The lowest BCUT2D eigenvalue weighted by atomic mass is 9.90. The van der Waals surface area contributed by atoms with Crippen LogP contribution in [-0.4, -0.2) is 24.5 Å². The zero-order valence-electron chi connectivity index (χ0n) is 13.1. The second-order valence-electron chi connectivity index (χ2n) is 6.07. The monoisotopic (exact) mass is 310 g/mol. The van der Waals surface area contributed by atoms with Crippen LogP contribution in [0.25, 0.3) is 0 Å². The Morgan fingerprint density at radius 3 is 2.57 bits per heavy atom. The Morgan fingerprint density at radius 1 is 1.29 bits per heavy atom. The number of amides is 1. The predicted molar refractivity (Wildman–Crippen MR) is 89.9 cm³/mol. The maximum absolute atomic E-state index is 12.4. The van der Waals surface area contributed by atoms with Crippen molar-refractivity contribution in [2.24, 2.45) is 5.92 Å². The maximum atomic E-state index is 12.4. The Bertz CT molecular complexity index is 438. The van der Waals surface area contributed by atoms with Gasteiger partial charge in [0.05, 0.1) is 0 Å². The number of benzene rings is 1. The first kappa shape index (κ1) is 18.0. The molecule has 118 valence electrons. The van der Waals surface area contributed by atoms with E-state index in [1.807, 2.05) is 6.07 Å². The fraction of sp³-hybridized carbons (Fsp3) is 0.588. The van der Waals surface area contributed by atoms with Gasteiger partial charge in [0, 0.05) is 23.9 Å². The van der Waals surface area contributed by atoms with Crippen LogP contribution in [0.3, 0.4) is 0 Å². The van der Waals surface area contributed by atoms with Crippen molar-refractivity contribution in [3.05, 3.63) is 35.9 Å². The van der Waals surface area contributed by atoms with E-state index in [-0.39, 0.29) is 30.3 Å². The van der Waals surface area contributed by atoms with Crippen LogP contribution >= 0.6 is 12.4 Å². The molecule has 0 spiro atoms. The van der Waals surface area contributed by atoms with Crippen LogP contribution in [0.1, 0.15) is 45.1 Å². The SMILES string of the molecule is CC(NC(=O)[C@H]1CCN[C@@H](C)C1)C(C)c1ccccc1.Cl. The molecular formula is C17H27ClN2O. The van der Waals surface area contributed by atoms with Gasteiger partial charge in [-0.05, 0) is 38.8 Å². The van der Waals surface area contributed by atoms with Gasteiger partial charge in [-0.3, -0.25) is 4.79 Å². The van der Waals surface area contributed by atoms with Crippen LogP contribution in [0.4, 0.5) is 0 Å². The summed E-state index contributed by atoms with van der Waals surface area (Å²) in [6.07, 6.45) is 1.89. The molecule has 0 aromatic heterocycles. The fourth-order valence-corrected chi connectivity index (χ4v) is 2.88. The number of hydrogen-bond donors (Lipinski definition) is 2. The molecule has 1 fully saturated rings. The predicted octanol–water partition coefficient (Wildman–Crippen LogP) is 3.10. The first-order valence-electron chi connectivity index (χ1n) is 7.66. The Morgan fingerprint density at radius 2 is 1.95 bits per heavy atom. The number of nitrogens with one attached hydrogen (secondary N) is 2. The van der Waals surface area contributed by atoms with Gasteiger partial charge in [0.1, 0.15) is 0 Å². The van der Waals surface area contributed by atoms with Crippen molar-refractivity contribution >= 4 is 18.3 Å². The lowest BCUT2D eigenvalue weighted by molar-refractivity contribution is -0.126. The summed E-state index contributed by atoms with van der Waals surface area (Å²) in [4.78, 5) is 12.4. The van der Waals surface area contributed by atoms with E-state index in [4.69, 9.17) is 0 Å². The van der Waals surface area contributed by atoms with E-state index in [2.05, 4.69) is 55.7 Å². The van der Waals surface area contributed by atoms with Crippen molar-refractivity contribution < 1.29 is 4.79 Å². The highest BCUT2D eigenvalue weighted by Crippen LogP contribution is 2.21. The highest BCUT2D eigenvalue weighted by Gasteiger charge is 2.26. The zero-order valence-corrected chi connectivity index (χ0v) is 14.0. The molecule has 2 N–H and O–H groups in total. The summed E-state index contributed by atoms with van der Waals surface area (Å²) in [5.41, 5.74) is 1.28. The quantitative estimate of drug-likeness (QED) is 0.897. The van der Waals surface area contributed by atoms with E-state index in [0.717, 1.165) is 19.4 Å². The van der Waals surface area contributed by atoms with Crippen LogP contribution in [0.5, 0.6) is 0 Å². The average Bonchev–Trinajstić information content (AvgIpc) is 2.47. The van der Waals surface area contributed by atoms with Gasteiger partial charge in [0.25, 0.3) is 0 Å². The summed E-state index contributed by atoms with van der Waals surface area (Å²) in [5.74, 6) is 0.713. The highest BCUT2D eigenvalue weighted by molar-refractivity contribution is 5.85. The summed E-state index contributed by atoms with van der Waals surface area (Å²) in [5, 5.41) is 6.59. The lowest BCUT2D eigenvalue weighted by Gasteiger charge is -2.29. The third-order valence-corrected chi connectivity index (χ3v) is 4.44. The minimum absolute atomic E-state index is 0. The lowest BCUT2D eigenvalue weighted by Crippen LogP contribution is -2.45. The highest BCUT2D eigenvalue weighted by atomic mass is 35.5. The van der Waals surface area contributed by atoms with Gasteiger partial charge in [0.2, 0.25) is 5.91 Å². The molecule has 4 atom stereocenters. The first-order chi connectivity index (χ1) is 9.58. The number of carbonyl (C=O) groups excluding carboxylic acids is 1. The van der Waals surface area contributed by atoms with E-state index in [1.54, 1.807) is 0 Å². The maximum Gasteiger partial charge on any atom is 0.223 e. The molecule has 1 amide bonds.